The molecule has 178 valence electrons. The zero-order valence-corrected chi connectivity index (χ0v) is 20.4. The number of amides is 1. The Morgan fingerprint density at radius 2 is 1.21 bits per heavy atom. The summed E-state index contributed by atoms with van der Waals surface area (Å²) in [4.78, 5) is 13.0. The maximum absolute atomic E-state index is 13.0. The lowest BCUT2D eigenvalue weighted by Crippen LogP contribution is -2.35. The zero-order valence-electron chi connectivity index (χ0n) is 18.0. The maximum atomic E-state index is 13.0. The summed E-state index contributed by atoms with van der Waals surface area (Å²) in [5, 5.41) is 2.79. The molecule has 1 N–H and O–H groups in total. The first kappa shape index (κ1) is 24.2. The molecule has 1 amide bonds. The maximum Gasteiger partial charge on any atom is 0.257 e. The Hall–Kier alpha value is -1.98. The molecule has 2 fully saturated rings. The molecule has 2 aromatic carbocycles. The van der Waals surface area contributed by atoms with Crippen LogP contribution in [-0.4, -0.2) is 57.5 Å². The van der Waals surface area contributed by atoms with Crippen LogP contribution in [0.1, 0.15) is 42.5 Å². The normalized spacial score (nSPS) is 18.3. The van der Waals surface area contributed by atoms with Crippen molar-refractivity contribution in [2.75, 3.05) is 31.5 Å². The third kappa shape index (κ3) is 5.09. The van der Waals surface area contributed by atoms with Gasteiger partial charge in [0.15, 0.2) is 0 Å². The Morgan fingerprint density at radius 1 is 0.727 bits per heavy atom. The summed E-state index contributed by atoms with van der Waals surface area (Å²) in [6, 6.07) is 9.99. The number of sulfonamides is 2. The molecule has 11 heteroatoms. The van der Waals surface area contributed by atoms with Crippen LogP contribution < -0.4 is 5.32 Å². The first-order chi connectivity index (χ1) is 15.7. The van der Waals surface area contributed by atoms with E-state index < -0.39 is 26.0 Å². The number of nitrogens with zero attached hydrogens (tertiary/aromatic N) is 2. The van der Waals surface area contributed by atoms with Gasteiger partial charge < -0.3 is 5.32 Å². The number of benzene rings is 2. The molecule has 0 spiro atoms. The number of piperidine rings is 1. The van der Waals surface area contributed by atoms with Crippen LogP contribution in [0.15, 0.2) is 52.3 Å². The van der Waals surface area contributed by atoms with E-state index in [4.69, 9.17) is 11.6 Å². The highest BCUT2D eigenvalue weighted by Crippen LogP contribution is 2.27. The largest absolute Gasteiger partial charge is 0.322 e. The summed E-state index contributed by atoms with van der Waals surface area (Å²) in [5.41, 5.74) is 0.407. The average Bonchev–Trinajstić information content (AvgIpc) is 3.36. The highest BCUT2D eigenvalue weighted by atomic mass is 35.5. The van der Waals surface area contributed by atoms with E-state index in [9.17, 15) is 21.6 Å². The standard InChI is InChI=1S/C22H26ClN3O5S2/c23-21-11-10-19(33(30,31)26-12-2-1-3-13-26)16-20(21)22(27)24-17-6-8-18(9-7-17)32(28,29)25-14-4-5-15-25/h6-11,16H,1-5,12-15H2,(H,24,27). The van der Waals surface area contributed by atoms with Crippen LogP contribution in [0.5, 0.6) is 0 Å². The molecule has 0 bridgehead atoms. The van der Waals surface area contributed by atoms with Crippen molar-refractivity contribution in [2.24, 2.45) is 0 Å². The third-order valence-electron chi connectivity index (χ3n) is 5.95. The van der Waals surface area contributed by atoms with Gasteiger partial charge in [0.25, 0.3) is 5.91 Å². The van der Waals surface area contributed by atoms with Gasteiger partial charge in [0, 0.05) is 31.9 Å². The van der Waals surface area contributed by atoms with E-state index >= 15 is 0 Å². The fraction of sp³-hybridized carbons (Fsp3) is 0.409. The van der Waals surface area contributed by atoms with E-state index in [0.29, 0.717) is 31.9 Å². The highest BCUT2D eigenvalue weighted by molar-refractivity contribution is 7.89. The summed E-state index contributed by atoms with van der Waals surface area (Å²) in [6.07, 6.45) is 4.31. The lowest BCUT2D eigenvalue weighted by Gasteiger charge is -2.26. The van der Waals surface area contributed by atoms with Crippen molar-refractivity contribution in [1.29, 1.82) is 0 Å². The summed E-state index contributed by atoms with van der Waals surface area (Å²) in [7, 11) is -7.26. The number of hydrogen-bond acceptors (Lipinski definition) is 5. The average molecular weight is 512 g/mol. The minimum Gasteiger partial charge on any atom is -0.322 e. The second-order valence-electron chi connectivity index (χ2n) is 8.20. The molecule has 0 unspecified atom stereocenters. The number of halogens is 1. The molecule has 0 radical (unpaired) electrons. The van der Waals surface area contributed by atoms with Gasteiger partial charge in [-0.2, -0.15) is 8.61 Å². The first-order valence-electron chi connectivity index (χ1n) is 10.9. The first-order valence-corrected chi connectivity index (χ1v) is 14.2. The molecule has 2 saturated heterocycles. The Labute approximate surface area is 199 Å². The molecule has 4 rings (SSSR count). The molecule has 33 heavy (non-hydrogen) atoms. The van der Waals surface area contributed by atoms with E-state index in [0.717, 1.165) is 32.1 Å². The molecular weight excluding hydrogens is 486 g/mol. The van der Waals surface area contributed by atoms with Gasteiger partial charge in [-0.15, -0.1) is 0 Å². The van der Waals surface area contributed by atoms with Crippen LogP contribution in [0, 0.1) is 0 Å². The van der Waals surface area contributed by atoms with Crippen LogP contribution in [0.3, 0.4) is 0 Å². The molecular formula is C22H26ClN3O5S2. The predicted octanol–water partition coefficient (Wildman–Crippen LogP) is 3.55. The van der Waals surface area contributed by atoms with Crippen molar-refractivity contribution in [1.82, 2.24) is 8.61 Å². The van der Waals surface area contributed by atoms with Gasteiger partial charge in [0.05, 0.1) is 20.4 Å². The predicted molar refractivity (Wildman–Crippen MR) is 126 cm³/mol. The Morgan fingerprint density at radius 3 is 1.79 bits per heavy atom. The number of carbonyl (C=O) groups excluding carboxylic acids is 1. The minimum atomic E-state index is -3.71. The van der Waals surface area contributed by atoms with Crippen molar-refractivity contribution in [3.63, 3.8) is 0 Å². The quantitative estimate of drug-likeness (QED) is 0.638. The van der Waals surface area contributed by atoms with Crippen LogP contribution in [-0.2, 0) is 20.0 Å². The van der Waals surface area contributed by atoms with Crippen molar-refractivity contribution in [3.8, 4) is 0 Å². The van der Waals surface area contributed by atoms with Gasteiger partial charge in [-0.25, -0.2) is 16.8 Å². The number of nitrogens with one attached hydrogen (secondary N) is 1. The third-order valence-corrected chi connectivity index (χ3v) is 10.1. The number of hydrogen-bond donors (Lipinski definition) is 1. The zero-order chi connectivity index (χ0) is 23.6. The van der Waals surface area contributed by atoms with Crippen LogP contribution in [0.4, 0.5) is 5.69 Å². The number of rotatable bonds is 6. The van der Waals surface area contributed by atoms with Gasteiger partial charge >= 0.3 is 0 Å². The van der Waals surface area contributed by atoms with Gasteiger partial charge in [-0.05, 0) is 68.1 Å². The highest BCUT2D eigenvalue weighted by Gasteiger charge is 2.28. The molecule has 2 aromatic rings. The van der Waals surface area contributed by atoms with E-state index in [1.54, 1.807) is 0 Å². The van der Waals surface area contributed by atoms with Crippen LogP contribution in [0.2, 0.25) is 5.02 Å². The second kappa shape index (κ2) is 9.71. The van der Waals surface area contributed by atoms with Gasteiger partial charge in [0.1, 0.15) is 0 Å². The number of anilines is 1. The lowest BCUT2D eigenvalue weighted by molar-refractivity contribution is 0.102. The second-order valence-corrected chi connectivity index (χ2v) is 12.5. The van der Waals surface area contributed by atoms with Crippen LogP contribution >= 0.6 is 11.6 Å². The van der Waals surface area contributed by atoms with Gasteiger partial charge in [0.2, 0.25) is 20.0 Å². The summed E-state index contributed by atoms with van der Waals surface area (Å²) in [5.74, 6) is -0.578. The molecule has 8 nitrogen and oxygen atoms in total. The summed E-state index contributed by atoms with van der Waals surface area (Å²) < 4.78 is 54.1. The fourth-order valence-electron chi connectivity index (χ4n) is 4.08. The van der Waals surface area contributed by atoms with E-state index in [1.807, 2.05) is 0 Å². The molecule has 2 aliphatic rings. The van der Waals surface area contributed by atoms with E-state index in [-0.39, 0.29) is 20.4 Å². The Balaban J connectivity index is 1.52. The number of carbonyl (C=O) groups is 1. The summed E-state index contributed by atoms with van der Waals surface area (Å²) in [6.45, 7) is 1.93. The monoisotopic (exact) mass is 511 g/mol. The van der Waals surface area contributed by atoms with Crippen LogP contribution in [0.25, 0.3) is 0 Å². The molecule has 2 aliphatic heterocycles. The molecule has 0 atom stereocenters. The SMILES string of the molecule is O=C(Nc1ccc(S(=O)(=O)N2CCCC2)cc1)c1cc(S(=O)(=O)N2CCCCC2)ccc1Cl. The Bertz CT molecular complexity index is 1240. The summed E-state index contributed by atoms with van der Waals surface area (Å²) >= 11 is 6.20. The van der Waals surface area contributed by atoms with Crippen molar-refractivity contribution in [3.05, 3.63) is 53.1 Å². The smallest absolute Gasteiger partial charge is 0.257 e. The Kier molecular flexibility index (Phi) is 7.11. The molecule has 0 aliphatic carbocycles. The molecule has 2 heterocycles. The van der Waals surface area contributed by atoms with Crippen molar-refractivity contribution in [2.45, 2.75) is 41.9 Å². The van der Waals surface area contributed by atoms with Gasteiger partial charge in [-0.1, -0.05) is 18.0 Å². The van der Waals surface area contributed by atoms with E-state index in [2.05, 4.69) is 5.32 Å². The van der Waals surface area contributed by atoms with E-state index in [1.165, 1.54) is 51.1 Å². The van der Waals surface area contributed by atoms with Crippen molar-refractivity contribution < 1.29 is 21.6 Å². The van der Waals surface area contributed by atoms with Gasteiger partial charge in [-0.3, -0.25) is 4.79 Å². The fourth-order valence-corrected chi connectivity index (χ4v) is 7.34. The van der Waals surface area contributed by atoms with Crippen molar-refractivity contribution >= 4 is 43.2 Å². The topological polar surface area (TPSA) is 104 Å². The molecule has 0 aromatic heterocycles. The molecule has 0 saturated carbocycles. The lowest BCUT2D eigenvalue weighted by atomic mass is 10.2. The minimum absolute atomic E-state index is 0.0194.